The van der Waals surface area contributed by atoms with E-state index in [-0.39, 0.29) is 11.4 Å². The Labute approximate surface area is 132 Å². The van der Waals surface area contributed by atoms with E-state index in [2.05, 4.69) is 11.2 Å². The average molecular weight is 310 g/mol. The number of halogens is 1. The number of aromatic hydroxyl groups is 1. The summed E-state index contributed by atoms with van der Waals surface area (Å²) in [4.78, 5) is 0. The van der Waals surface area contributed by atoms with Gasteiger partial charge in [-0.15, -0.1) is 0 Å². The molecule has 3 aromatic rings. The summed E-state index contributed by atoms with van der Waals surface area (Å²) in [5.74, 6) is -0.766. The van der Waals surface area contributed by atoms with Crippen molar-refractivity contribution >= 4 is 0 Å². The maximum Gasteiger partial charge on any atom is 0.152 e. The van der Waals surface area contributed by atoms with Gasteiger partial charge in [0.15, 0.2) is 5.82 Å². The molecule has 1 N–H and O–H groups in total. The SMILES string of the molecule is Cc1ccn(C)c1-c1c(C#N)c(C)nn1-c1ccc(O)cc1F. The van der Waals surface area contributed by atoms with Gasteiger partial charge in [0, 0.05) is 19.3 Å². The number of phenolic OH excluding ortho intramolecular Hbond substituents is 1. The molecule has 23 heavy (non-hydrogen) atoms. The third kappa shape index (κ3) is 2.27. The number of nitrogens with zero attached hydrogens (tertiary/aromatic N) is 4. The van der Waals surface area contributed by atoms with Gasteiger partial charge in [0.05, 0.1) is 11.4 Å². The zero-order chi connectivity index (χ0) is 16.7. The molecule has 0 aliphatic heterocycles. The Morgan fingerprint density at radius 2 is 1.96 bits per heavy atom. The Hall–Kier alpha value is -3.07. The molecule has 116 valence electrons. The highest BCUT2D eigenvalue weighted by Gasteiger charge is 2.23. The fraction of sp³-hybridized carbons (Fsp3) is 0.176. The lowest BCUT2D eigenvalue weighted by molar-refractivity contribution is 0.468. The van der Waals surface area contributed by atoms with Gasteiger partial charge >= 0.3 is 0 Å². The summed E-state index contributed by atoms with van der Waals surface area (Å²) in [7, 11) is 1.86. The number of hydrogen-bond acceptors (Lipinski definition) is 3. The predicted molar refractivity (Wildman–Crippen MR) is 83.8 cm³/mol. The van der Waals surface area contributed by atoms with E-state index in [4.69, 9.17) is 0 Å². The lowest BCUT2D eigenvalue weighted by Gasteiger charge is -2.11. The summed E-state index contributed by atoms with van der Waals surface area (Å²) in [6, 6.07) is 7.95. The van der Waals surface area contributed by atoms with Crippen LogP contribution in [-0.2, 0) is 7.05 Å². The molecule has 0 bridgehead atoms. The Balaban J connectivity index is 2.38. The van der Waals surface area contributed by atoms with Crippen molar-refractivity contribution in [2.75, 3.05) is 0 Å². The Morgan fingerprint density at radius 3 is 2.52 bits per heavy atom. The smallest absolute Gasteiger partial charge is 0.152 e. The van der Waals surface area contributed by atoms with Crippen LogP contribution < -0.4 is 0 Å². The molecule has 0 aliphatic carbocycles. The van der Waals surface area contributed by atoms with Gasteiger partial charge < -0.3 is 9.67 Å². The second-order valence-corrected chi connectivity index (χ2v) is 5.43. The maximum atomic E-state index is 14.3. The van der Waals surface area contributed by atoms with Crippen LogP contribution in [0.5, 0.6) is 5.75 Å². The fourth-order valence-electron chi connectivity index (χ4n) is 2.73. The van der Waals surface area contributed by atoms with E-state index in [1.807, 2.05) is 30.8 Å². The van der Waals surface area contributed by atoms with Crippen molar-refractivity contribution in [3.63, 3.8) is 0 Å². The van der Waals surface area contributed by atoms with Gasteiger partial charge in [-0.25, -0.2) is 9.07 Å². The van der Waals surface area contributed by atoms with Crippen LogP contribution in [0, 0.1) is 31.0 Å². The number of benzene rings is 1. The normalized spacial score (nSPS) is 10.7. The van der Waals surface area contributed by atoms with E-state index < -0.39 is 5.82 Å². The highest BCUT2D eigenvalue weighted by atomic mass is 19.1. The van der Waals surface area contributed by atoms with Crippen LogP contribution in [0.3, 0.4) is 0 Å². The van der Waals surface area contributed by atoms with Crippen molar-refractivity contribution in [3.8, 4) is 28.9 Å². The second kappa shape index (κ2) is 5.29. The van der Waals surface area contributed by atoms with Gasteiger partial charge in [0.25, 0.3) is 0 Å². The molecular weight excluding hydrogens is 295 g/mol. The van der Waals surface area contributed by atoms with E-state index in [0.29, 0.717) is 17.0 Å². The summed E-state index contributed by atoms with van der Waals surface area (Å²) in [5, 5.41) is 23.3. The Kier molecular flexibility index (Phi) is 3.41. The topological polar surface area (TPSA) is 66.8 Å². The first-order chi connectivity index (χ1) is 10.9. The molecule has 0 radical (unpaired) electrons. The molecule has 0 unspecified atom stereocenters. The molecule has 0 aliphatic rings. The quantitative estimate of drug-likeness (QED) is 0.790. The maximum absolute atomic E-state index is 14.3. The van der Waals surface area contributed by atoms with Crippen molar-refractivity contribution in [2.45, 2.75) is 13.8 Å². The molecule has 0 amide bonds. The molecule has 0 saturated carbocycles. The number of aryl methyl sites for hydroxylation is 3. The molecule has 0 atom stereocenters. The minimum atomic E-state index is -0.606. The molecule has 1 aromatic carbocycles. The minimum Gasteiger partial charge on any atom is -0.508 e. The highest BCUT2D eigenvalue weighted by molar-refractivity contribution is 5.71. The van der Waals surface area contributed by atoms with Crippen molar-refractivity contribution in [3.05, 3.63) is 53.1 Å². The largest absolute Gasteiger partial charge is 0.508 e. The fourth-order valence-corrected chi connectivity index (χ4v) is 2.73. The third-order valence-electron chi connectivity index (χ3n) is 3.83. The summed E-state index contributed by atoms with van der Waals surface area (Å²) < 4.78 is 17.6. The van der Waals surface area contributed by atoms with Gasteiger partial charge in [-0.3, -0.25) is 0 Å². The highest BCUT2D eigenvalue weighted by Crippen LogP contribution is 2.32. The molecule has 3 rings (SSSR count). The van der Waals surface area contributed by atoms with Crippen LogP contribution in [0.1, 0.15) is 16.8 Å². The van der Waals surface area contributed by atoms with Crippen molar-refractivity contribution in [1.82, 2.24) is 14.3 Å². The van der Waals surface area contributed by atoms with Gasteiger partial charge in [0.2, 0.25) is 0 Å². The summed E-state index contributed by atoms with van der Waals surface area (Å²) in [5.41, 5.74) is 3.42. The Bertz CT molecular complexity index is 927. The van der Waals surface area contributed by atoms with Crippen molar-refractivity contribution in [1.29, 1.82) is 5.26 Å². The van der Waals surface area contributed by atoms with E-state index in [1.54, 1.807) is 6.92 Å². The van der Waals surface area contributed by atoms with Crippen LogP contribution in [0.2, 0.25) is 0 Å². The molecule has 0 spiro atoms. The molecule has 2 aromatic heterocycles. The van der Waals surface area contributed by atoms with Crippen LogP contribution in [0.15, 0.2) is 30.5 Å². The lowest BCUT2D eigenvalue weighted by atomic mass is 10.1. The van der Waals surface area contributed by atoms with Gasteiger partial charge in [-0.1, -0.05) is 0 Å². The number of rotatable bonds is 2. The van der Waals surface area contributed by atoms with Crippen LogP contribution in [0.25, 0.3) is 17.1 Å². The summed E-state index contributed by atoms with van der Waals surface area (Å²) >= 11 is 0. The molecule has 6 heteroatoms. The second-order valence-electron chi connectivity index (χ2n) is 5.43. The zero-order valence-corrected chi connectivity index (χ0v) is 13.0. The Morgan fingerprint density at radius 1 is 1.22 bits per heavy atom. The first-order valence-corrected chi connectivity index (χ1v) is 7.05. The van der Waals surface area contributed by atoms with Gasteiger partial charge in [-0.2, -0.15) is 10.4 Å². The van der Waals surface area contributed by atoms with E-state index >= 15 is 0 Å². The van der Waals surface area contributed by atoms with Crippen LogP contribution in [0.4, 0.5) is 4.39 Å². The monoisotopic (exact) mass is 310 g/mol. The first kappa shape index (κ1) is 14.9. The van der Waals surface area contributed by atoms with Gasteiger partial charge in [-0.05, 0) is 37.6 Å². The summed E-state index contributed by atoms with van der Waals surface area (Å²) in [6.45, 7) is 3.64. The number of hydrogen-bond donors (Lipinski definition) is 1. The van der Waals surface area contributed by atoms with Crippen molar-refractivity contribution in [2.24, 2.45) is 7.05 Å². The van der Waals surface area contributed by atoms with Crippen molar-refractivity contribution < 1.29 is 9.50 Å². The van der Waals surface area contributed by atoms with E-state index in [1.165, 1.54) is 16.8 Å². The molecule has 0 saturated heterocycles. The molecule has 2 heterocycles. The molecule has 5 nitrogen and oxygen atoms in total. The minimum absolute atomic E-state index is 0.160. The van der Waals surface area contributed by atoms with Gasteiger partial charge in [0.1, 0.15) is 28.8 Å². The van der Waals surface area contributed by atoms with E-state index in [0.717, 1.165) is 17.3 Å². The number of nitriles is 1. The predicted octanol–water partition coefficient (Wildman–Crippen LogP) is 3.21. The molecule has 0 fully saturated rings. The third-order valence-corrected chi connectivity index (χ3v) is 3.83. The van der Waals surface area contributed by atoms with E-state index in [9.17, 15) is 14.8 Å². The number of phenols is 1. The summed E-state index contributed by atoms with van der Waals surface area (Å²) in [6.07, 6.45) is 1.88. The lowest BCUT2D eigenvalue weighted by Crippen LogP contribution is -2.05. The standard InChI is InChI=1S/C17H15FN4O/c1-10-6-7-21(3)16(10)17-13(9-19)11(2)20-22(17)15-5-4-12(23)8-14(15)18/h4-8,23H,1-3H3. The molecular formula is C17H15FN4O. The van der Waals surface area contributed by atoms with Crippen LogP contribution >= 0.6 is 0 Å². The average Bonchev–Trinajstić information content (AvgIpc) is 2.98. The number of aromatic nitrogens is 3. The van der Waals surface area contributed by atoms with Crippen LogP contribution in [-0.4, -0.2) is 19.5 Å². The first-order valence-electron chi connectivity index (χ1n) is 7.05. The zero-order valence-electron chi connectivity index (χ0n) is 13.0.